The molecule has 0 aliphatic carbocycles. The molecule has 0 saturated carbocycles. The molecular formula is C19H18N2O2. The van der Waals surface area contributed by atoms with Gasteiger partial charge >= 0.3 is 0 Å². The summed E-state index contributed by atoms with van der Waals surface area (Å²) >= 11 is 0. The first kappa shape index (κ1) is 14.0. The number of pyridine rings is 1. The zero-order valence-corrected chi connectivity index (χ0v) is 12.9. The second-order valence-corrected chi connectivity index (χ2v) is 6.14. The van der Waals surface area contributed by atoms with Crippen LogP contribution in [0.2, 0.25) is 0 Å². The lowest BCUT2D eigenvalue weighted by Crippen LogP contribution is -2.11. The Kier molecular flexibility index (Phi) is 3.20. The molecule has 0 bridgehead atoms. The van der Waals surface area contributed by atoms with Crippen molar-refractivity contribution in [3.05, 3.63) is 63.9 Å². The molecule has 1 aliphatic heterocycles. The maximum atomic E-state index is 12.2. The third kappa shape index (κ3) is 2.23. The molecule has 1 unspecified atom stereocenters. The van der Waals surface area contributed by atoms with E-state index in [9.17, 15) is 9.90 Å². The number of aromatic nitrogens is 1. The number of hydrogen-bond acceptors (Lipinski definition) is 3. The largest absolute Gasteiger partial charge is 0.392 e. The van der Waals surface area contributed by atoms with Gasteiger partial charge in [-0.05, 0) is 40.5 Å². The van der Waals surface area contributed by atoms with Crippen molar-refractivity contribution in [1.82, 2.24) is 4.98 Å². The second kappa shape index (κ2) is 5.25. The summed E-state index contributed by atoms with van der Waals surface area (Å²) in [6.07, 6.45) is 0. The third-order valence-corrected chi connectivity index (χ3v) is 4.58. The van der Waals surface area contributed by atoms with E-state index in [0.29, 0.717) is 11.6 Å². The fourth-order valence-corrected chi connectivity index (χ4v) is 3.39. The van der Waals surface area contributed by atoms with Crippen molar-refractivity contribution in [3.63, 3.8) is 0 Å². The first-order valence-electron chi connectivity index (χ1n) is 7.81. The monoisotopic (exact) mass is 306 g/mol. The Bertz CT molecular complexity index is 959. The molecule has 0 spiro atoms. The number of rotatable bonds is 2. The molecule has 0 saturated heterocycles. The van der Waals surface area contributed by atoms with E-state index in [1.54, 1.807) is 0 Å². The molecule has 4 heteroatoms. The molecule has 3 aromatic rings. The van der Waals surface area contributed by atoms with E-state index < -0.39 is 0 Å². The van der Waals surface area contributed by atoms with Crippen LogP contribution >= 0.6 is 0 Å². The van der Waals surface area contributed by atoms with Crippen LogP contribution in [0.3, 0.4) is 0 Å². The van der Waals surface area contributed by atoms with Crippen LogP contribution in [0.15, 0.2) is 47.3 Å². The summed E-state index contributed by atoms with van der Waals surface area (Å²) in [5.41, 5.74) is 5.66. The average molecular weight is 306 g/mol. The van der Waals surface area contributed by atoms with Gasteiger partial charge in [-0.1, -0.05) is 31.2 Å². The van der Waals surface area contributed by atoms with E-state index in [2.05, 4.69) is 23.3 Å². The lowest BCUT2D eigenvalue weighted by molar-refractivity contribution is 0.282. The van der Waals surface area contributed by atoms with Gasteiger partial charge < -0.3 is 15.4 Å². The Morgan fingerprint density at radius 2 is 2.00 bits per heavy atom. The summed E-state index contributed by atoms with van der Waals surface area (Å²) < 4.78 is 0. The van der Waals surface area contributed by atoms with Gasteiger partial charge in [0.1, 0.15) is 5.69 Å². The van der Waals surface area contributed by atoms with Crippen molar-refractivity contribution in [2.45, 2.75) is 19.4 Å². The van der Waals surface area contributed by atoms with Gasteiger partial charge in [-0.3, -0.25) is 4.79 Å². The van der Waals surface area contributed by atoms with Crippen LogP contribution in [0.4, 0.5) is 5.69 Å². The van der Waals surface area contributed by atoms with E-state index in [1.165, 1.54) is 0 Å². The Hall–Kier alpha value is -2.59. The fourth-order valence-electron chi connectivity index (χ4n) is 3.39. The zero-order chi connectivity index (χ0) is 16.0. The second-order valence-electron chi connectivity index (χ2n) is 6.14. The summed E-state index contributed by atoms with van der Waals surface area (Å²) in [6, 6.07) is 14.0. The number of nitrogens with one attached hydrogen (secondary N) is 2. The highest BCUT2D eigenvalue weighted by Gasteiger charge is 2.24. The highest BCUT2D eigenvalue weighted by atomic mass is 16.3. The van der Waals surface area contributed by atoms with E-state index in [0.717, 1.165) is 39.7 Å². The third-order valence-electron chi connectivity index (χ3n) is 4.58. The lowest BCUT2D eigenvalue weighted by atomic mass is 9.95. The minimum atomic E-state index is -0.0492. The van der Waals surface area contributed by atoms with Gasteiger partial charge in [0.2, 0.25) is 0 Å². The molecule has 0 amide bonds. The van der Waals surface area contributed by atoms with Crippen molar-refractivity contribution in [1.29, 1.82) is 0 Å². The van der Waals surface area contributed by atoms with Crippen molar-refractivity contribution in [2.75, 3.05) is 11.9 Å². The Balaban J connectivity index is 1.96. The van der Waals surface area contributed by atoms with Crippen LogP contribution in [0, 0.1) is 0 Å². The topological polar surface area (TPSA) is 65.1 Å². The van der Waals surface area contributed by atoms with E-state index in [4.69, 9.17) is 0 Å². The number of aromatic amines is 1. The number of aliphatic hydroxyl groups excluding tert-OH is 1. The molecule has 4 nitrogen and oxygen atoms in total. The summed E-state index contributed by atoms with van der Waals surface area (Å²) in [4.78, 5) is 15.1. The average Bonchev–Trinajstić information content (AvgIpc) is 2.98. The molecule has 1 aromatic heterocycles. The molecular weight excluding hydrogens is 288 g/mol. The van der Waals surface area contributed by atoms with Crippen molar-refractivity contribution >= 4 is 16.6 Å². The molecule has 2 aromatic carbocycles. The maximum Gasteiger partial charge on any atom is 0.272 e. The Morgan fingerprint density at radius 3 is 2.83 bits per heavy atom. The standard InChI is InChI=1S/C19H18N2O2/c1-11-9-20-18-17(11)15-8-14(5-6-16(15)21-19(18)23)13-4-2-3-12(7-13)10-22/h2-8,11,20,22H,9-10H2,1H3,(H,21,23). The number of anilines is 1. The SMILES string of the molecule is CC1CNc2c1c1cc(-c3cccc(CO)c3)ccc1[nH]c2=O. The molecule has 3 N–H and O–H groups in total. The number of benzene rings is 2. The fraction of sp³-hybridized carbons (Fsp3) is 0.211. The van der Waals surface area contributed by atoms with Crippen LogP contribution in [-0.2, 0) is 6.61 Å². The lowest BCUT2D eigenvalue weighted by Gasteiger charge is -2.10. The molecule has 116 valence electrons. The van der Waals surface area contributed by atoms with Crippen molar-refractivity contribution < 1.29 is 5.11 Å². The van der Waals surface area contributed by atoms with Gasteiger partial charge in [0, 0.05) is 23.4 Å². The van der Waals surface area contributed by atoms with Gasteiger partial charge in [0.05, 0.1) is 6.61 Å². The van der Waals surface area contributed by atoms with Crippen molar-refractivity contribution in [3.8, 4) is 11.1 Å². The molecule has 23 heavy (non-hydrogen) atoms. The molecule has 4 rings (SSSR count). The van der Waals surface area contributed by atoms with E-state index >= 15 is 0 Å². The maximum absolute atomic E-state index is 12.2. The normalized spacial score (nSPS) is 16.3. The summed E-state index contributed by atoms with van der Waals surface area (Å²) in [7, 11) is 0. The summed E-state index contributed by atoms with van der Waals surface area (Å²) in [5.74, 6) is 0.314. The molecule has 1 atom stereocenters. The van der Waals surface area contributed by atoms with Crippen LogP contribution in [-0.4, -0.2) is 16.6 Å². The Labute approximate surface area is 133 Å². The van der Waals surface area contributed by atoms with E-state index in [1.807, 2.05) is 36.4 Å². The number of H-pyrrole nitrogens is 1. The zero-order valence-electron chi connectivity index (χ0n) is 12.9. The van der Waals surface area contributed by atoms with Crippen LogP contribution in [0.5, 0.6) is 0 Å². The number of fused-ring (bicyclic) bond motifs is 3. The van der Waals surface area contributed by atoms with Crippen molar-refractivity contribution in [2.24, 2.45) is 0 Å². The molecule has 1 aliphatic rings. The molecule has 2 heterocycles. The van der Waals surface area contributed by atoms with Gasteiger partial charge in [-0.15, -0.1) is 0 Å². The predicted octanol–water partition coefficient (Wildman–Crippen LogP) is 3.22. The molecule has 0 radical (unpaired) electrons. The smallest absolute Gasteiger partial charge is 0.272 e. The van der Waals surface area contributed by atoms with Gasteiger partial charge in [0.25, 0.3) is 5.56 Å². The van der Waals surface area contributed by atoms with Crippen LogP contribution in [0.1, 0.15) is 24.0 Å². The Morgan fingerprint density at radius 1 is 1.17 bits per heavy atom. The minimum absolute atomic E-state index is 0.0328. The number of hydrogen-bond donors (Lipinski definition) is 3. The first-order chi connectivity index (χ1) is 11.2. The highest BCUT2D eigenvalue weighted by Crippen LogP contribution is 2.35. The van der Waals surface area contributed by atoms with Crippen LogP contribution < -0.4 is 10.9 Å². The van der Waals surface area contributed by atoms with E-state index in [-0.39, 0.29) is 12.2 Å². The highest BCUT2D eigenvalue weighted by molar-refractivity contribution is 5.91. The predicted molar refractivity (Wildman–Crippen MR) is 92.8 cm³/mol. The number of aliphatic hydroxyl groups is 1. The van der Waals surface area contributed by atoms with Gasteiger partial charge in [0.15, 0.2) is 0 Å². The quantitative estimate of drug-likeness (QED) is 0.681. The first-order valence-corrected chi connectivity index (χ1v) is 7.81. The summed E-state index contributed by atoms with van der Waals surface area (Å²) in [6.45, 7) is 2.96. The molecule has 0 fully saturated rings. The van der Waals surface area contributed by atoms with Gasteiger partial charge in [-0.2, -0.15) is 0 Å². The van der Waals surface area contributed by atoms with Crippen LogP contribution in [0.25, 0.3) is 22.0 Å². The van der Waals surface area contributed by atoms with Gasteiger partial charge in [-0.25, -0.2) is 0 Å². The minimum Gasteiger partial charge on any atom is -0.392 e. The summed E-state index contributed by atoms with van der Waals surface area (Å²) in [5, 5.41) is 13.6.